The highest BCUT2D eigenvalue weighted by atomic mass is 35.5. The summed E-state index contributed by atoms with van der Waals surface area (Å²) in [5.41, 5.74) is 0.924. The van der Waals surface area contributed by atoms with E-state index >= 15 is 0 Å². The number of aromatic nitrogens is 1. The number of oxazole rings is 1. The van der Waals surface area contributed by atoms with Crippen LogP contribution in [0.1, 0.15) is 47.6 Å². The van der Waals surface area contributed by atoms with Crippen LogP contribution in [0.5, 0.6) is 0 Å². The Morgan fingerprint density at radius 2 is 1.80 bits per heavy atom. The number of hydrogen-bond donors (Lipinski definition) is 0. The van der Waals surface area contributed by atoms with E-state index in [1.165, 1.54) is 0 Å². The first-order chi connectivity index (χ1) is 9.29. The van der Waals surface area contributed by atoms with Gasteiger partial charge in [0.25, 0.3) is 5.78 Å². The summed E-state index contributed by atoms with van der Waals surface area (Å²) >= 11 is 5.97. The van der Waals surface area contributed by atoms with E-state index in [4.69, 9.17) is 16.0 Å². The number of rotatable bonds is 0. The summed E-state index contributed by atoms with van der Waals surface area (Å²) in [7, 11) is 0. The lowest BCUT2D eigenvalue weighted by Gasteiger charge is -2.11. The van der Waals surface area contributed by atoms with E-state index in [0.717, 1.165) is 0 Å². The van der Waals surface area contributed by atoms with Crippen LogP contribution in [0.15, 0.2) is 22.6 Å². The maximum atomic E-state index is 12.1. The number of halogens is 1. The standard InChI is InChI=1S/C15H12ClNO3/c1-15(2,3)14-17-10-9-6-7(16)4-5-8(9)11(18)12(19)13(10)20-14/h4-6H,1-3H3. The molecule has 0 aliphatic heterocycles. The monoisotopic (exact) mass is 289 g/mol. The molecule has 1 aromatic heterocycles. The van der Waals surface area contributed by atoms with Gasteiger partial charge in [0.05, 0.1) is 0 Å². The summed E-state index contributed by atoms with van der Waals surface area (Å²) in [5.74, 6) is -0.801. The van der Waals surface area contributed by atoms with Gasteiger partial charge in [-0.2, -0.15) is 0 Å². The lowest BCUT2D eigenvalue weighted by Crippen LogP contribution is -2.20. The second-order valence-electron chi connectivity index (χ2n) is 5.79. The molecule has 20 heavy (non-hydrogen) atoms. The zero-order valence-corrected chi connectivity index (χ0v) is 12.0. The summed E-state index contributed by atoms with van der Waals surface area (Å²) < 4.78 is 5.53. The van der Waals surface area contributed by atoms with Gasteiger partial charge in [-0.3, -0.25) is 9.59 Å². The predicted octanol–water partition coefficient (Wildman–Crippen LogP) is 3.67. The molecule has 0 saturated carbocycles. The second-order valence-corrected chi connectivity index (χ2v) is 6.23. The van der Waals surface area contributed by atoms with Crippen LogP contribution in [0.2, 0.25) is 5.02 Å². The SMILES string of the molecule is CC(C)(C)c1nc2c(o1)C(=O)C(=O)c1ccc(Cl)cc1-2. The Labute approximate surface area is 120 Å². The fraction of sp³-hybridized carbons (Fsp3) is 0.267. The first-order valence-electron chi connectivity index (χ1n) is 6.19. The average Bonchev–Trinajstić information content (AvgIpc) is 2.81. The van der Waals surface area contributed by atoms with Gasteiger partial charge in [0, 0.05) is 21.6 Å². The first-order valence-corrected chi connectivity index (χ1v) is 6.57. The molecule has 0 saturated heterocycles. The minimum Gasteiger partial charge on any atom is -0.436 e. The first kappa shape index (κ1) is 13.1. The predicted molar refractivity (Wildman–Crippen MR) is 74.3 cm³/mol. The zero-order valence-electron chi connectivity index (χ0n) is 11.3. The molecule has 0 radical (unpaired) electrons. The van der Waals surface area contributed by atoms with Crippen molar-refractivity contribution in [3.63, 3.8) is 0 Å². The fourth-order valence-electron chi connectivity index (χ4n) is 2.11. The molecule has 1 aliphatic carbocycles. The lowest BCUT2D eigenvalue weighted by molar-refractivity contribution is 0.0797. The number of nitrogens with zero attached hydrogens (tertiary/aromatic N) is 1. The van der Waals surface area contributed by atoms with Crippen molar-refractivity contribution in [2.45, 2.75) is 26.2 Å². The molecular weight excluding hydrogens is 278 g/mol. The Hall–Kier alpha value is -1.94. The third kappa shape index (κ3) is 1.79. The van der Waals surface area contributed by atoms with Crippen LogP contribution >= 0.6 is 11.6 Å². The molecular formula is C15H12ClNO3. The smallest absolute Gasteiger partial charge is 0.271 e. The van der Waals surface area contributed by atoms with Gasteiger partial charge in [-0.25, -0.2) is 4.98 Å². The van der Waals surface area contributed by atoms with Crippen molar-refractivity contribution >= 4 is 23.2 Å². The molecule has 0 amide bonds. The number of carbonyl (C=O) groups is 2. The maximum absolute atomic E-state index is 12.1. The van der Waals surface area contributed by atoms with Crippen molar-refractivity contribution in [1.82, 2.24) is 4.98 Å². The molecule has 0 spiro atoms. The number of benzene rings is 1. The number of carbonyl (C=O) groups excluding carboxylic acids is 2. The summed E-state index contributed by atoms with van der Waals surface area (Å²) in [6.07, 6.45) is 0. The minimum absolute atomic E-state index is 0.00897. The van der Waals surface area contributed by atoms with Gasteiger partial charge in [-0.15, -0.1) is 0 Å². The molecule has 4 nitrogen and oxygen atoms in total. The van der Waals surface area contributed by atoms with Crippen LogP contribution in [0.4, 0.5) is 0 Å². The topological polar surface area (TPSA) is 60.2 Å². The van der Waals surface area contributed by atoms with E-state index in [-0.39, 0.29) is 11.2 Å². The summed E-state index contributed by atoms with van der Waals surface area (Å²) in [4.78, 5) is 28.5. The Bertz CT molecular complexity index is 753. The Balaban J connectivity index is 2.32. The fourth-order valence-corrected chi connectivity index (χ4v) is 2.29. The van der Waals surface area contributed by atoms with Gasteiger partial charge in [-0.05, 0) is 18.2 Å². The highest BCUT2D eigenvalue weighted by Crippen LogP contribution is 2.37. The van der Waals surface area contributed by atoms with E-state index in [2.05, 4.69) is 4.98 Å². The molecule has 2 aromatic rings. The number of ketones is 2. The van der Waals surface area contributed by atoms with Crippen molar-refractivity contribution in [3.05, 3.63) is 40.4 Å². The number of fused-ring (bicyclic) bond motifs is 3. The van der Waals surface area contributed by atoms with Crippen LogP contribution < -0.4 is 0 Å². The molecule has 3 rings (SSSR count). The van der Waals surface area contributed by atoms with E-state index in [1.54, 1.807) is 18.2 Å². The number of Topliss-reactive ketones (excluding diaryl/α,β-unsaturated/α-hetero) is 2. The van der Waals surface area contributed by atoms with Gasteiger partial charge in [-0.1, -0.05) is 32.4 Å². The summed E-state index contributed by atoms with van der Waals surface area (Å²) in [6.45, 7) is 5.78. The van der Waals surface area contributed by atoms with Crippen LogP contribution in [0, 0.1) is 0 Å². The molecule has 5 heteroatoms. The third-order valence-electron chi connectivity index (χ3n) is 3.16. The Morgan fingerprint density at radius 3 is 2.45 bits per heavy atom. The molecule has 0 unspecified atom stereocenters. The van der Waals surface area contributed by atoms with Gasteiger partial charge in [0.15, 0.2) is 0 Å². The largest absolute Gasteiger partial charge is 0.436 e. The quantitative estimate of drug-likeness (QED) is 0.694. The lowest BCUT2D eigenvalue weighted by atomic mass is 9.91. The molecule has 0 atom stereocenters. The van der Waals surface area contributed by atoms with Gasteiger partial charge < -0.3 is 4.42 Å². The zero-order chi connectivity index (χ0) is 14.7. The minimum atomic E-state index is -0.655. The van der Waals surface area contributed by atoms with Crippen LogP contribution in [0.3, 0.4) is 0 Å². The van der Waals surface area contributed by atoms with Crippen molar-refractivity contribution in [2.24, 2.45) is 0 Å². The van der Waals surface area contributed by atoms with E-state index in [9.17, 15) is 9.59 Å². The second kappa shape index (κ2) is 4.03. The molecule has 1 aromatic carbocycles. The van der Waals surface area contributed by atoms with E-state index in [1.807, 2.05) is 20.8 Å². The molecule has 0 bridgehead atoms. The normalized spacial score (nSPS) is 14.2. The number of hydrogen-bond acceptors (Lipinski definition) is 4. The van der Waals surface area contributed by atoms with Crippen LogP contribution in [-0.4, -0.2) is 16.6 Å². The van der Waals surface area contributed by atoms with Crippen molar-refractivity contribution in [2.75, 3.05) is 0 Å². The van der Waals surface area contributed by atoms with Gasteiger partial charge >= 0.3 is 0 Å². The molecule has 0 N–H and O–H groups in total. The van der Waals surface area contributed by atoms with Crippen molar-refractivity contribution < 1.29 is 14.0 Å². The Morgan fingerprint density at radius 1 is 1.10 bits per heavy atom. The van der Waals surface area contributed by atoms with Crippen LogP contribution in [-0.2, 0) is 5.41 Å². The maximum Gasteiger partial charge on any atom is 0.271 e. The van der Waals surface area contributed by atoms with Crippen LogP contribution in [0.25, 0.3) is 11.3 Å². The molecule has 1 aliphatic rings. The van der Waals surface area contributed by atoms with Gasteiger partial charge in [0.2, 0.25) is 17.4 Å². The summed E-state index contributed by atoms with van der Waals surface area (Å²) in [5, 5.41) is 0.483. The van der Waals surface area contributed by atoms with Gasteiger partial charge in [0.1, 0.15) is 5.69 Å². The highest BCUT2D eigenvalue weighted by molar-refractivity contribution is 6.52. The highest BCUT2D eigenvalue weighted by Gasteiger charge is 2.37. The third-order valence-corrected chi connectivity index (χ3v) is 3.40. The molecule has 1 heterocycles. The van der Waals surface area contributed by atoms with E-state index < -0.39 is 11.6 Å². The van der Waals surface area contributed by atoms with Crippen molar-refractivity contribution in [1.29, 1.82) is 0 Å². The molecule has 0 fully saturated rings. The van der Waals surface area contributed by atoms with E-state index in [0.29, 0.717) is 27.7 Å². The molecule has 102 valence electrons. The average molecular weight is 290 g/mol. The van der Waals surface area contributed by atoms with Crippen molar-refractivity contribution in [3.8, 4) is 11.3 Å². The Kier molecular flexibility index (Phi) is 2.63. The summed E-state index contributed by atoms with van der Waals surface area (Å²) in [6, 6.07) is 4.77.